The molecule has 0 bridgehead atoms. The van der Waals surface area contributed by atoms with E-state index in [0.29, 0.717) is 54.4 Å². The number of anilines is 1. The third-order valence-corrected chi connectivity index (χ3v) is 7.45. The standard InChI is InChI=1S/C18H20Cl2N6O2S/c1-2-11-29(27,28)25-9-7-24(8-10-25)18-22-17-21-6-5-16(26(17)23-18)14-12-13(19)3-4-15(14)20/h3-6,12H,2,7-11H2,1H3. The van der Waals surface area contributed by atoms with Crippen LogP contribution in [0.1, 0.15) is 13.3 Å². The van der Waals surface area contributed by atoms with E-state index < -0.39 is 10.0 Å². The van der Waals surface area contributed by atoms with E-state index in [9.17, 15) is 8.42 Å². The predicted molar refractivity (Wildman–Crippen MR) is 114 cm³/mol. The first-order valence-electron chi connectivity index (χ1n) is 9.29. The van der Waals surface area contributed by atoms with Crippen molar-refractivity contribution < 1.29 is 8.42 Å². The van der Waals surface area contributed by atoms with Crippen molar-refractivity contribution in [3.05, 3.63) is 40.5 Å². The Morgan fingerprint density at radius 2 is 1.86 bits per heavy atom. The summed E-state index contributed by atoms with van der Waals surface area (Å²) < 4.78 is 27.7. The van der Waals surface area contributed by atoms with E-state index in [1.807, 2.05) is 11.8 Å². The van der Waals surface area contributed by atoms with Gasteiger partial charge in [-0.1, -0.05) is 30.1 Å². The summed E-state index contributed by atoms with van der Waals surface area (Å²) in [5, 5.41) is 5.72. The molecule has 3 heterocycles. The number of rotatable bonds is 5. The minimum atomic E-state index is -3.19. The van der Waals surface area contributed by atoms with Gasteiger partial charge in [0.05, 0.1) is 16.5 Å². The highest BCUT2D eigenvalue weighted by molar-refractivity contribution is 7.89. The van der Waals surface area contributed by atoms with Crippen molar-refractivity contribution in [3.63, 3.8) is 0 Å². The molecule has 154 valence electrons. The number of sulfonamides is 1. The summed E-state index contributed by atoms with van der Waals surface area (Å²) >= 11 is 12.5. The second-order valence-electron chi connectivity index (χ2n) is 6.78. The van der Waals surface area contributed by atoms with E-state index in [2.05, 4.69) is 15.1 Å². The summed E-state index contributed by atoms with van der Waals surface area (Å²) in [6.07, 6.45) is 2.26. The Labute approximate surface area is 179 Å². The number of piperazine rings is 1. The third kappa shape index (κ3) is 4.05. The van der Waals surface area contributed by atoms with Crippen molar-refractivity contribution >= 4 is 45.0 Å². The van der Waals surface area contributed by atoms with Gasteiger partial charge in [0.15, 0.2) is 0 Å². The molecule has 1 aliphatic rings. The maximum absolute atomic E-state index is 12.3. The second kappa shape index (κ2) is 8.06. The number of benzene rings is 1. The normalized spacial score (nSPS) is 15.9. The van der Waals surface area contributed by atoms with Gasteiger partial charge in [-0.2, -0.15) is 13.8 Å². The van der Waals surface area contributed by atoms with Crippen LogP contribution in [0.5, 0.6) is 0 Å². The van der Waals surface area contributed by atoms with Crippen molar-refractivity contribution in [3.8, 4) is 11.3 Å². The van der Waals surface area contributed by atoms with Gasteiger partial charge < -0.3 is 4.90 Å². The lowest BCUT2D eigenvalue weighted by atomic mass is 10.1. The molecule has 0 aliphatic carbocycles. The first kappa shape index (κ1) is 20.3. The molecule has 0 saturated carbocycles. The van der Waals surface area contributed by atoms with E-state index in [1.165, 1.54) is 4.31 Å². The second-order valence-corrected chi connectivity index (χ2v) is 9.71. The Kier molecular flexibility index (Phi) is 5.65. The molecule has 2 aromatic heterocycles. The van der Waals surface area contributed by atoms with Crippen LogP contribution in [0.2, 0.25) is 10.0 Å². The predicted octanol–water partition coefficient (Wildman–Crippen LogP) is 2.96. The molecule has 4 rings (SSSR count). The van der Waals surface area contributed by atoms with E-state index in [4.69, 9.17) is 23.2 Å². The Morgan fingerprint density at radius 3 is 2.59 bits per heavy atom. The monoisotopic (exact) mass is 454 g/mol. The molecule has 0 unspecified atom stereocenters. The van der Waals surface area contributed by atoms with Crippen molar-refractivity contribution in [1.82, 2.24) is 23.9 Å². The number of aromatic nitrogens is 4. The van der Waals surface area contributed by atoms with Crippen molar-refractivity contribution in [2.24, 2.45) is 0 Å². The molecule has 11 heteroatoms. The van der Waals surface area contributed by atoms with Gasteiger partial charge in [-0.25, -0.2) is 13.4 Å². The quantitative estimate of drug-likeness (QED) is 0.588. The lowest BCUT2D eigenvalue weighted by Gasteiger charge is -2.33. The van der Waals surface area contributed by atoms with Gasteiger partial charge in [0.2, 0.25) is 16.0 Å². The van der Waals surface area contributed by atoms with Crippen LogP contribution in [0.25, 0.3) is 17.0 Å². The van der Waals surface area contributed by atoms with E-state index in [1.54, 1.807) is 35.0 Å². The molecule has 0 atom stereocenters. The number of fused-ring (bicyclic) bond motifs is 1. The van der Waals surface area contributed by atoms with Gasteiger partial charge in [-0.3, -0.25) is 0 Å². The maximum atomic E-state index is 12.3. The average Bonchev–Trinajstić information content (AvgIpc) is 3.14. The molecule has 29 heavy (non-hydrogen) atoms. The zero-order chi connectivity index (χ0) is 20.6. The fraction of sp³-hybridized carbons (Fsp3) is 0.389. The van der Waals surface area contributed by atoms with Crippen LogP contribution in [0.15, 0.2) is 30.5 Å². The van der Waals surface area contributed by atoms with Gasteiger partial charge in [0, 0.05) is 43.0 Å². The topological polar surface area (TPSA) is 83.7 Å². The minimum Gasteiger partial charge on any atom is -0.337 e. The van der Waals surface area contributed by atoms with Gasteiger partial charge in [0.1, 0.15) is 0 Å². The number of hydrogen-bond donors (Lipinski definition) is 0. The first-order chi connectivity index (χ1) is 13.9. The Balaban J connectivity index is 1.62. The van der Waals surface area contributed by atoms with Gasteiger partial charge >= 0.3 is 0 Å². The molecule has 0 amide bonds. The molecule has 0 spiro atoms. The number of hydrogen-bond acceptors (Lipinski definition) is 6. The highest BCUT2D eigenvalue weighted by atomic mass is 35.5. The lowest BCUT2D eigenvalue weighted by molar-refractivity contribution is 0.382. The highest BCUT2D eigenvalue weighted by Gasteiger charge is 2.28. The van der Waals surface area contributed by atoms with Crippen LogP contribution in [-0.4, -0.2) is 64.2 Å². The Morgan fingerprint density at radius 1 is 1.10 bits per heavy atom. The van der Waals surface area contributed by atoms with Crippen LogP contribution in [0, 0.1) is 0 Å². The lowest BCUT2D eigenvalue weighted by Crippen LogP contribution is -2.49. The number of nitrogens with zero attached hydrogens (tertiary/aromatic N) is 6. The van der Waals surface area contributed by atoms with Crippen LogP contribution in [0.4, 0.5) is 5.95 Å². The fourth-order valence-corrected chi connectivity index (χ4v) is 5.25. The minimum absolute atomic E-state index is 0.174. The molecular formula is C18H20Cl2N6O2S. The summed E-state index contributed by atoms with van der Waals surface area (Å²) in [4.78, 5) is 10.8. The van der Waals surface area contributed by atoms with Crippen LogP contribution in [-0.2, 0) is 10.0 Å². The van der Waals surface area contributed by atoms with Crippen LogP contribution >= 0.6 is 23.2 Å². The Hall–Kier alpha value is -1.94. The molecule has 1 fully saturated rings. The molecule has 1 aliphatic heterocycles. The molecule has 3 aromatic rings. The van der Waals surface area contributed by atoms with E-state index >= 15 is 0 Å². The SMILES string of the molecule is CCCS(=O)(=O)N1CCN(c2nc3nccc(-c4cc(Cl)ccc4Cl)n3n2)CC1. The van der Waals surface area contributed by atoms with Gasteiger partial charge in [0.25, 0.3) is 5.78 Å². The van der Waals surface area contributed by atoms with Gasteiger partial charge in [-0.05, 0) is 30.7 Å². The molecule has 0 N–H and O–H groups in total. The number of halogens is 2. The summed E-state index contributed by atoms with van der Waals surface area (Å²) in [5.41, 5.74) is 1.46. The summed E-state index contributed by atoms with van der Waals surface area (Å²) in [7, 11) is -3.19. The maximum Gasteiger partial charge on any atom is 0.254 e. The largest absolute Gasteiger partial charge is 0.337 e. The molecule has 1 saturated heterocycles. The average molecular weight is 455 g/mol. The summed E-state index contributed by atoms with van der Waals surface area (Å²) in [6.45, 7) is 3.74. The summed E-state index contributed by atoms with van der Waals surface area (Å²) in [6, 6.07) is 7.04. The Bertz CT molecular complexity index is 1140. The fourth-order valence-electron chi connectivity index (χ4n) is 3.37. The van der Waals surface area contributed by atoms with Crippen LogP contribution < -0.4 is 4.90 Å². The highest BCUT2D eigenvalue weighted by Crippen LogP contribution is 2.30. The van der Waals surface area contributed by atoms with E-state index in [0.717, 1.165) is 11.3 Å². The zero-order valence-electron chi connectivity index (χ0n) is 15.8. The van der Waals surface area contributed by atoms with Crippen molar-refractivity contribution in [2.75, 3.05) is 36.8 Å². The van der Waals surface area contributed by atoms with Crippen LogP contribution in [0.3, 0.4) is 0 Å². The van der Waals surface area contributed by atoms with E-state index in [-0.39, 0.29) is 5.75 Å². The van der Waals surface area contributed by atoms with Crippen molar-refractivity contribution in [2.45, 2.75) is 13.3 Å². The van der Waals surface area contributed by atoms with Gasteiger partial charge in [-0.15, -0.1) is 5.10 Å². The smallest absolute Gasteiger partial charge is 0.254 e. The molecule has 1 aromatic carbocycles. The first-order valence-corrected chi connectivity index (χ1v) is 11.7. The van der Waals surface area contributed by atoms with Crippen molar-refractivity contribution in [1.29, 1.82) is 0 Å². The zero-order valence-corrected chi connectivity index (χ0v) is 18.1. The molecular weight excluding hydrogens is 435 g/mol. The molecule has 0 radical (unpaired) electrons. The third-order valence-electron chi connectivity index (χ3n) is 4.81. The summed E-state index contributed by atoms with van der Waals surface area (Å²) in [5.74, 6) is 1.12. The molecule has 8 nitrogen and oxygen atoms in total.